The average molecular weight is 594 g/mol. The third-order valence-corrected chi connectivity index (χ3v) is 7.20. The summed E-state index contributed by atoms with van der Waals surface area (Å²) in [5.41, 5.74) is 3.76. The molecule has 0 saturated carbocycles. The maximum absolute atomic E-state index is 10.2. The van der Waals surface area contributed by atoms with Crippen molar-refractivity contribution in [2.24, 2.45) is 5.10 Å². The van der Waals surface area contributed by atoms with E-state index < -0.39 is 37.3 Å². The third kappa shape index (κ3) is 5.47. The molecular formula is C31H27N7O6. The van der Waals surface area contributed by atoms with Crippen molar-refractivity contribution in [3.8, 4) is 22.7 Å². The molecule has 1 aliphatic heterocycles. The monoisotopic (exact) mass is 593 g/mol. The summed E-state index contributed by atoms with van der Waals surface area (Å²) < 4.78 is 14.0. The van der Waals surface area contributed by atoms with Crippen molar-refractivity contribution in [2.45, 2.75) is 30.7 Å². The summed E-state index contributed by atoms with van der Waals surface area (Å²) >= 11 is 0. The quantitative estimate of drug-likeness (QED) is 0.141. The van der Waals surface area contributed by atoms with Crippen molar-refractivity contribution in [1.29, 1.82) is 5.41 Å². The average Bonchev–Trinajstić information content (AvgIpc) is 3.46. The number of rotatable bonds is 7. The number of hydrogen-bond acceptors (Lipinski definition) is 10. The highest BCUT2D eigenvalue weighted by Gasteiger charge is 2.44. The molecule has 0 spiro atoms. The summed E-state index contributed by atoms with van der Waals surface area (Å²) in [6.07, 6.45) is -3.94. The third-order valence-electron chi connectivity index (χ3n) is 7.20. The first-order valence-electron chi connectivity index (χ1n) is 13.6. The van der Waals surface area contributed by atoms with Gasteiger partial charge in [0.15, 0.2) is 16.8 Å². The van der Waals surface area contributed by atoms with Crippen molar-refractivity contribution in [3.05, 3.63) is 108 Å². The van der Waals surface area contributed by atoms with Gasteiger partial charge in [-0.3, -0.25) is 5.41 Å². The Morgan fingerprint density at radius 2 is 1.70 bits per heavy atom. The Morgan fingerprint density at radius 1 is 0.977 bits per heavy atom. The van der Waals surface area contributed by atoms with E-state index in [1.807, 2.05) is 30.3 Å². The number of benzene rings is 3. The molecule has 5 N–H and O–H groups in total. The molecule has 3 heterocycles. The molecule has 0 aliphatic carbocycles. The normalized spacial score (nSPS) is 21.8. The molecule has 13 heteroatoms. The number of hydrogen-bond donors (Lipinski definition) is 5. The number of ether oxygens (including phenoxy) is 2. The van der Waals surface area contributed by atoms with Crippen LogP contribution in [0.25, 0.3) is 32.8 Å². The van der Waals surface area contributed by atoms with Gasteiger partial charge in [-0.2, -0.15) is 10.2 Å². The molecule has 0 radical (unpaired) electrons. The van der Waals surface area contributed by atoms with Gasteiger partial charge in [-0.25, -0.2) is 19.2 Å². The van der Waals surface area contributed by atoms with Crippen LogP contribution in [0.4, 0.5) is 5.69 Å². The van der Waals surface area contributed by atoms with Crippen LogP contribution in [-0.2, 0) is 4.74 Å². The molecule has 1 fully saturated rings. The van der Waals surface area contributed by atoms with E-state index in [0.717, 1.165) is 5.56 Å². The van der Waals surface area contributed by atoms with Gasteiger partial charge < -0.3 is 29.9 Å². The van der Waals surface area contributed by atoms with Crippen LogP contribution in [0.3, 0.4) is 0 Å². The van der Waals surface area contributed by atoms with Crippen molar-refractivity contribution < 1.29 is 29.9 Å². The lowest BCUT2D eigenvalue weighted by atomic mass is 9.99. The largest absolute Gasteiger partial charge is 0.462 e. The highest BCUT2D eigenvalue weighted by molar-refractivity contribution is 5.91. The zero-order valence-corrected chi connectivity index (χ0v) is 23.0. The fourth-order valence-electron chi connectivity index (χ4n) is 4.82. The number of fused-ring (bicyclic) bond motifs is 1. The van der Waals surface area contributed by atoms with Gasteiger partial charge in [0.25, 0.3) is 0 Å². The Labute approximate surface area is 250 Å². The Bertz CT molecular complexity index is 1900. The van der Waals surface area contributed by atoms with Crippen LogP contribution in [0.15, 0.2) is 90.3 Å². The van der Waals surface area contributed by atoms with E-state index in [-0.39, 0.29) is 5.49 Å². The zero-order chi connectivity index (χ0) is 30.8. The topological polar surface area (TPSA) is 176 Å². The van der Waals surface area contributed by atoms with Crippen molar-refractivity contribution >= 4 is 22.9 Å². The van der Waals surface area contributed by atoms with E-state index in [9.17, 15) is 20.4 Å². The van der Waals surface area contributed by atoms with Crippen LogP contribution in [-0.4, -0.2) is 83.4 Å². The van der Waals surface area contributed by atoms with E-state index in [1.54, 1.807) is 59.4 Å². The maximum Gasteiger partial charge on any atom is 0.229 e. The second-order valence-corrected chi connectivity index (χ2v) is 10.0. The maximum atomic E-state index is 10.2. The fourth-order valence-corrected chi connectivity index (χ4v) is 4.82. The zero-order valence-electron chi connectivity index (χ0n) is 23.0. The lowest BCUT2D eigenvalue weighted by Gasteiger charge is -2.39. The molecule has 0 amide bonds. The lowest BCUT2D eigenvalue weighted by Crippen LogP contribution is -2.60. The van der Waals surface area contributed by atoms with Crippen molar-refractivity contribution in [3.63, 3.8) is 0 Å². The predicted octanol–water partition coefficient (Wildman–Crippen LogP) is 1.98. The van der Waals surface area contributed by atoms with Gasteiger partial charge in [0.1, 0.15) is 42.2 Å². The molecule has 222 valence electrons. The fraction of sp³-hybridized carbons (Fsp3) is 0.194. The van der Waals surface area contributed by atoms with Gasteiger partial charge in [0.2, 0.25) is 6.29 Å². The summed E-state index contributed by atoms with van der Waals surface area (Å²) in [4.78, 5) is 8.03. The molecule has 3 aromatic carbocycles. The molecule has 5 unspecified atom stereocenters. The SMILES string of the molecule is [C-]#[N+]c1ccc(-n2nc(-c3ccccc3)c3c(=N)n(/N=C/c4ccc(OC5OC(CO)C(O)C(O)C5O)cc4)cnc32)cc1. The summed E-state index contributed by atoms with van der Waals surface area (Å²) in [5, 5.41) is 58.3. The van der Waals surface area contributed by atoms with Crippen molar-refractivity contribution in [1.82, 2.24) is 19.4 Å². The van der Waals surface area contributed by atoms with Crippen molar-refractivity contribution in [2.75, 3.05) is 6.61 Å². The minimum atomic E-state index is -1.54. The van der Waals surface area contributed by atoms with Gasteiger partial charge in [-0.1, -0.05) is 42.5 Å². The van der Waals surface area contributed by atoms with E-state index in [0.29, 0.717) is 39.4 Å². The molecule has 13 nitrogen and oxygen atoms in total. The second-order valence-electron chi connectivity index (χ2n) is 10.0. The van der Waals surface area contributed by atoms with Gasteiger partial charge >= 0.3 is 0 Å². The molecule has 44 heavy (non-hydrogen) atoms. The highest BCUT2D eigenvalue weighted by Crippen LogP contribution is 2.28. The first-order chi connectivity index (χ1) is 21.4. The number of aromatic nitrogens is 4. The van der Waals surface area contributed by atoms with Crippen LogP contribution in [0.5, 0.6) is 5.75 Å². The minimum absolute atomic E-state index is 0.0664. The Balaban J connectivity index is 1.28. The number of nitrogens with one attached hydrogen (secondary N) is 1. The number of aliphatic hydroxyl groups is 4. The van der Waals surface area contributed by atoms with E-state index in [4.69, 9.17) is 26.6 Å². The molecule has 1 aliphatic rings. The standard InChI is InChI=1S/C31H27N7O6/c1-33-20-9-11-21(12-10-20)38-30-24(25(36-38)19-5-3-2-4-6-19)29(32)37(17-34-30)35-15-18-7-13-22(14-8-18)43-31-28(42)27(41)26(40)23(16-39)44-31/h2-15,17,23,26-28,31-32,39-42H,16H2/b32-29?,35-15+. The van der Waals surface area contributed by atoms with Crippen LogP contribution in [0.2, 0.25) is 0 Å². The molecule has 6 rings (SSSR count). The van der Waals surface area contributed by atoms with Crippen LogP contribution >= 0.6 is 0 Å². The van der Waals surface area contributed by atoms with Crippen LogP contribution < -0.4 is 10.2 Å². The molecular weight excluding hydrogens is 566 g/mol. The van der Waals surface area contributed by atoms with E-state index in [2.05, 4.69) is 14.9 Å². The Morgan fingerprint density at radius 3 is 2.39 bits per heavy atom. The van der Waals surface area contributed by atoms with Gasteiger partial charge in [-0.05, 0) is 42.0 Å². The second kappa shape index (κ2) is 12.2. The van der Waals surface area contributed by atoms with Crippen LogP contribution in [0, 0.1) is 12.0 Å². The molecule has 1 saturated heterocycles. The minimum Gasteiger partial charge on any atom is -0.462 e. The smallest absolute Gasteiger partial charge is 0.229 e. The molecule has 5 atom stereocenters. The van der Waals surface area contributed by atoms with E-state index in [1.165, 1.54) is 11.0 Å². The highest BCUT2D eigenvalue weighted by atomic mass is 16.7. The summed E-state index contributed by atoms with van der Waals surface area (Å²) in [6.45, 7) is 6.67. The summed E-state index contributed by atoms with van der Waals surface area (Å²) in [5.74, 6) is 0.313. The van der Waals surface area contributed by atoms with Gasteiger partial charge in [-0.15, -0.1) is 0 Å². The van der Waals surface area contributed by atoms with Crippen LogP contribution in [0.1, 0.15) is 5.56 Å². The summed E-state index contributed by atoms with van der Waals surface area (Å²) in [7, 11) is 0. The lowest BCUT2D eigenvalue weighted by molar-refractivity contribution is -0.277. The molecule has 0 bridgehead atoms. The van der Waals surface area contributed by atoms with Gasteiger partial charge in [0.05, 0.1) is 30.5 Å². The molecule has 2 aromatic heterocycles. The first-order valence-corrected chi connectivity index (χ1v) is 13.6. The predicted molar refractivity (Wildman–Crippen MR) is 158 cm³/mol. The Hall–Kier alpha value is -5.23. The molecule has 5 aromatic rings. The Kier molecular flexibility index (Phi) is 7.99. The van der Waals surface area contributed by atoms with Gasteiger partial charge in [0, 0.05) is 5.56 Å². The first kappa shape index (κ1) is 28.9. The summed E-state index contributed by atoms with van der Waals surface area (Å²) in [6, 6.07) is 23.1. The number of aliphatic hydroxyl groups excluding tert-OH is 4. The van der Waals surface area contributed by atoms with E-state index >= 15 is 0 Å². The number of nitrogens with zero attached hydrogens (tertiary/aromatic N) is 6.